The van der Waals surface area contributed by atoms with Gasteiger partial charge in [-0.05, 0) is 30.5 Å². The fourth-order valence-electron chi connectivity index (χ4n) is 2.27. The summed E-state index contributed by atoms with van der Waals surface area (Å²) in [4.78, 5) is 13.1. The average molecular weight is 284 g/mol. The number of nitrogens with zero attached hydrogens (tertiary/aromatic N) is 3. The zero-order valence-electron chi connectivity index (χ0n) is 12.4. The van der Waals surface area contributed by atoms with Crippen molar-refractivity contribution in [3.63, 3.8) is 0 Å². The van der Waals surface area contributed by atoms with E-state index in [1.807, 2.05) is 25.2 Å². The second-order valence-electron chi connectivity index (χ2n) is 5.00. The Morgan fingerprint density at radius 1 is 1.19 bits per heavy atom. The van der Waals surface area contributed by atoms with E-state index in [0.717, 1.165) is 18.7 Å². The van der Waals surface area contributed by atoms with E-state index in [1.165, 1.54) is 5.56 Å². The number of hydrogen-bond acceptors (Lipinski definition) is 4. The van der Waals surface area contributed by atoms with E-state index in [4.69, 9.17) is 5.73 Å². The zero-order chi connectivity index (χ0) is 15.2. The van der Waals surface area contributed by atoms with Crippen molar-refractivity contribution in [3.05, 3.63) is 53.7 Å². The molecule has 2 aromatic rings. The Labute approximate surface area is 124 Å². The molecule has 0 saturated carbocycles. The summed E-state index contributed by atoms with van der Waals surface area (Å²) in [5, 5.41) is 7.94. The van der Waals surface area contributed by atoms with Crippen LogP contribution in [0.4, 0.5) is 5.82 Å². The largest absolute Gasteiger partial charge is 0.364 e. The first-order valence-electron chi connectivity index (χ1n) is 7.02. The molecule has 1 atom stereocenters. The van der Waals surface area contributed by atoms with E-state index in [1.54, 1.807) is 12.1 Å². The molecule has 1 amide bonds. The van der Waals surface area contributed by atoms with Gasteiger partial charge in [-0.15, -0.1) is 10.2 Å². The van der Waals surface area contributed by atoms with Crippen molar-refractivity contribution in [1.29, 1.82) is 0 Å². The minimum absolute atomic E-state index is 0.184. The van der Waals surface area contributed by atoms with E-state index in [0.29, 0.717) is 6.04 Å². The SMILES string of the molecule is CC[C@@H](Cc1ccccc1)N(C)c1ccc(C(N)=O)nn1. The van der Waals surface area contributed by atoms with Gasteiger partial charge in [-0.25, -0.2) is 0 Å². The summed E-state index contributed by atoms with van der Waals surface area (Å²) in [6, 6.07) is 14.1. The van der Waals surface area contributed by atoms with E-state index in [2.05, 4.69) is 34.2 Å². The lowest BCUT2D eigenvalue weighted by Gasteiger charge is -2.28. The van der Waals surface area contributed by atoms with Gasteiger partial charge < -0.3 is 10.6 Å². The maximum Gasteiger partial charge on any atom is 0.269 e. The first-order chi connectivity index (χ1) is 10.1. The van der Waals surface area contributed by atoms with Crippen LogP contribution in [0.2, 0.25) is 0 Å². The van der Waals surface area contributed by atoms with Crippen LogP contribution in [0.1, 0.15) is 29.4 Å². The highest BCUT2D eigenvalue weighted by atomic mass is 16.1. The van der Waals surface area contributed by atoms with Gasteiger partial charge in [0.25, 0.3) is 5.91 Å². The number of likely N-dealkylation sites (N-methyl/N-ethyl adjacent to an activating group) is 1. The number of rotatable bonds is 6. The molecule has 5 heteroatoms. The first-order valence-corrected chi connectivity index (χ1v) is 7.02. The number of amides is 1. The van der Waals surface area contributed by atoms with Crippen molar-refractivity contribution in [2.75, 3.05) is 11.9 Å². The molecular formula is C16H20N4O. The molecule has 0 unspecified atom stereocenters. The Morgan fingerprint density at radius 3 is 2.43 bits per heavy atom. The van der Waals surface area contributed by atoms with Gasteiger partial charge in [-0.2, -0.15) is 0 Å². The molecule has 0 fully saturated rings. The van der Waals surface area contributed by atoms with Crippen molar-refractivity contribution in [3.8, 4) is 0 Å². The van der Waals surface area contributed by atoms with E-state index in [9.17, 15) is 4.79 Å². The Bertz CT molecular complexity index is 583. The second kappa shape index (κ2) is 6.83. The lowest BCUT2D eigenvalue weighted by Crippen LogP contribution is -2.34. The number of carbonyl (C=O) groups is 1. The predicted octanol–water partition coefficient (Wildman–Crippen LogP) is 2.03. The summed E-state index contributed by atoms with van der Waals surface area (Å²) in [6.45, 7) is 2.15. The number of nitrogens with two attached hydrogens (primary N) is 1. The van der Waals surface area contributed by atoms with Gasteiger partial charge >= 0.3 is 0 Å². The van der Waals surface area contributed by atoms with Crippen LogP contribution in [0.3, 0.4) is 0 Å². The lowest BCUT2D eigenvalue weighted by molar-refractivity contribution is 0.0994. The van der Waals surface area contributed by atoms with E-state index < -0.39 is 5.91 Å². The van der Waals surface area contributed by atoms with E-state index >= 15 is 0 Å². The van der Waals surface area contributed by atoms with Crippen molar-refractivity contribution in [1.82, 2.24) is 10.2 Å². The normalized spacial score (nSPS) is 11.9. The molecule has 1 aromatic carbocycles. The van der Waals surface area contributed by atoms with Crippen molar-refractivity contribution < 1.29 is 4.79 Å². The smallest absolute Gasteiger partial charge is 0.269 e. The summed E-state index contributed by atoms with van der Waals surface area (Å²) < 4.78 is 0. The summed E-state index contributed by atoms with van der Waals surface area (Å²) >= 11 is 0. The number of anilines is 1. The highest BCUT2D eigenvalue weighted by Crippen LogP contribution is 2.17. The molecule has 1 aromatic heterocycles. The maximum atomic E-state index is 11.0. The summed E-state index contributed by atoms with van der Waals surface area (Å²) in [6.07, 6.45) is 1.93. The molecule has 1 heterocycles. The van der Waals surface area contributed by atoms with Gasteiger partial charge in [0.2, 0.25) is 0 Å². The van der Waals surface area contributed by atoms with Crippen molar-refractivity contribution >= 4 is 11.7 Å². The van der Waals surface area contributed by atoms with Crippen LogP contribution in [0.5, 0.6) is 0 Å². The molecule has 5 nitrogen and oxygen atoms in total. The summed E-state index contributed by atoms with van der Waals surface area (Å²) in [5.74, 6) is 0.177. The van der Waals surface area contributed by atoms with Crippen LogP contribution in [-0.4, -0.2) is 29.2 Å². The van der Waals surface area contributed by atoms with Crippen molar-refractivity contribution in [2.24, 2.45) is 5.73 Å². The van der Waals surface area contributed by atoms with Crippen LogP contribution in [-0.2, 0) is 6.42 Å². The van der Waals surface area contributed by atoms with Crippen LogP contribution in [0, 0.1) is 0 Å². The Balaban J connectivity index is 2.12. The molecule has 0 saturated heterocycles. The fourth-order valence-corrected chi connectivity index (χ4v) is 2.27. The maximum absolute atomic E-state index is 11.0. The number of aromatic nitrogens is 2. The molecule has 0 bridgehead atoms. The Kier molecular flexibility index (Phi) is 4.87. The highest BCUT2D eigenvalue weighted by molar-refractivity contribution is 5.90. The molecule has 0 aliphatic carbocycles. The molecule has 0 aliphatic heterocycles. The predicted molar refractivity (Wildman–Crippen MR) is 83.2 cm³/mol. The molecule has 0 aliphatic rings. The third-order valence-corrected chi connectivity index (χ3v) is 3.60. The Hall–Kier alpha value is -2.43. The number of primary amides is 1. The van der Waals surface area contributed by atoms with Gasteiger partial charge in [0.05, 0.1) is 0 Å². The second-order valence-corrected chi connectivity index (χ2v) is 5.00. The number of carbonyl (C=O) groups excluding carboxylic acids is 1. The van der Waals surface area contributed by atoms with Gasteiger partial charge in [-0.1, -0.05) is 37.3 Å². The molecule has 0 radical (unpaired) electrons. The molecule has 110 valence electrons. The molecule has 2 rings (SSSR count). The Morgan fingerprint density at radius 2 is 1.90 bits per heavy atom. The molecule has 2 N–H and O–H groups in total. The molecule has 0 spiro atoms. The van der Waals surface area contributed by atoms with Crippen LogP contribution >= 0.6 is 0 Å². The first kappa shape index (κ1) is 15.0. The lowest BCUT2D eigenvalue weighted by atomic mass is 10.0. The quantitative estimate of drug-likeness (QED) is 0.881. The van der Waals surface area contributed by atoms with Gasteiger partial charge in [0.15, 0.2) is 11.5 Å². The zero-order valence-corrected chi connectivity index (χ0v) is 12.4. The third kappa shape index (κ3) is 3.78. The molecule has 21 heavy (non-hydrogen) atoms. The minimum atomic E-state index is -0.562. The number of benzene rings is 1. The van der Waals surface area contributed by atoms with Crippen molar-refractivity contribution in [2.45, 2.75) is 25.8 Å². The minimum Gasteiger partial charge on any atom is -0.364 e. The van der Waals surface area contributed by atoms with Gasteiger partial charge in [-0.3, -0.25) is 4.79 Å². The average Bonchev–Trinajstić information content (AvgIpc) is 2.53. The highest BCUT2D eigenvalue weighted by Gasteiger charge is 2.16. The number of hydrogen-bond donors (Lipinski definition) is 1. The standard InChI is InChI=1S/C16H20N4O/c1-3-13(11-12-7-5-4-6-8-12)20(2)15-10-9-14(16(17)21)18-19-15/h4-10,13H,3,11H2,1-2H3,(H2,17,21)/t13-/m0/s1. The van der Waals surface area contributed by atoms with E-state index in [-0.39, 0.29) is 5.69 Å². The summed E-state index contributed by atoms with van der Waals surface area (Å²) in [5.41, 5.74) is 6.65. The van der Waals surface area contributed by atoms with Crippen LogP contribution in [0.25, 0.3) is 0 Å². The fraction of sp³-hybridized carbons (Fsp3) is 0.312. The third-order valence-electron chi connectivity index (χ3n) is 3.60. The van der Waals surface area contributed by atoms with Crippen LogP contribution < -0.4 is 10.6 Å². The molecular weight excluding hydrogens is 264 g/mol. The topological polar surface area (TPSA) is 72.1 Å². The summed E-state index contributed by atoms with van der Waals surface area (Å²) in [7, 11) is 1.99. The van der Waals surface area contributed by atoms with Crippen LogP contribution in [0.15, 0.2) is 42.5 Å². The monoisotopic (exact) mass is 284 g/mol. The van der Waals surface area contributed by atoms with Gasteiger partial charge in [0, 0.05) is 13.1 Å². The van der Waals surface area contributed by atoms with Gasteiger partial charge in [0.1, 0.15) is 0 Å².